The van der Waals surface area contributed by atoms with Crippen molar-refractivity contribution in [2.24, 2.45) is 5.92 Å². The van der Waals surface area contributed by atoms with Crippen molar-refractivity contribution in [1.29, 1.82) is 0 Å². The molecule has 2 fully saturated rings. The lowest BCUT2D eigenvalue weighted by Crippen LogP contribution is -2.48. The van der Waals surface area contributed by atoms with Crippen LogP contribution in [0.3, 0.4) is 0 Å². The van der Waals surface area contributed by atoms with Crippen molar-refractivity contribution in [1.82, 2.24) is 16.0 Å². The summed E-state index contributed by atoms with van der Waals surface area (Å²) in [5.41, 5.74) is 0.157. The number of carbonyl (C=O) groups excluding carboxylic acids is 2. The van der Waals surface area contributed by atoms with Gasteiger partial charge in [-0.05, 0) is 71.3 Å². The van der Waals surface area contributed by atoms with E-state index in [-0.39, 0.29) is 30.6 Å². The minimum absolute atomic E-state index is 0.000832. The second-order valence-electron chi connectivity index (χ2n) is 9.65. The van der Waals surface area contributed by atoms with E-state index in [9.17, 15) is 19.1 Å². The van der Waals surface area contributed by atoms with Gasteiger partial charge in [-0.15, -0.1) is 11.6 Å². The maximum atomic E-state index is 13.1. The van der Waals surface area contributed by atoms with Crippen LogP contribution in [-0.2, 0) is 14.3 Å². The van der Waals surface area contributed by atoms with Gasteiger partial charge in [-0.3, -0.25) is 9.59 Å². The van der Waals surface area contributed by atoms with Gasteiger partial charge in [0.15, 0.2) is 0 Å². The minimum atomic E-state index is -1.01. The summed E-state index contributed by atoms with van der Waals surface area (Å²) < 4.78 is 18.4. The fourth-order valence-electron chi connectivity index (χ4n) is 3.82. The van der Waals surface area contributed by atoms with Crippen LogP contribution in [0.2, 0.25) is 0 Å². The van der Waals surface area contributed by atoms with E-state index in [4.69, 9.17) is 16.3 Å². The molecule has 4 N–H and O–H groups in total. The largest absolute Gasteiger partial charge is 0.390 e. The van der Waals surface area contributed by atoms with Crippen LogP contribution in [0.25, 0.3) is 0 Å². The van der Waals surface area contributed by atoms with Crippen molar-refractivity contribution in [2.75, 3.05) is 20.2 Å². The lowest BCUT2D eigenvalue weighted by Gasteiger charge is -2.31. The molecule has 1 aliphatic carbocycles. The van der Waals surface area contributed by atoms with Gasteiger partial charge in [-0.1, -0.05) is 13.5 Å². The van der Waals surface area contributed by atoms with Crippen molar-refractivity contribution in [3.05, 3.63) is 12.3 Å². The van der Waals surface area contributed by atoms with Gasteiger partial charge < -0.3 is 25.8 Å². The number of halogens is 2. The highest BCUT2D eigenvalue weighted by molar-refractivity contribution is 6.21. The van der Waals surface area contributed by atoms with E-state index < -0.39 is 17.1 Å². The van der Waals surface area contributed by atoms with Gasteiger partial charge in [0.25, 0.3) is 0 Å². The molecule has 7 nitrogen and oxygen atoms in total. The van der Waals surface area contributed by atoms with Gasteiger partial charge >= 0.3 is 0 Å². The molecular formula is C24H43ClFN3O4. The summed E-state index contributed by atoms with van der Waals surface area (Å²) in [6, 6.07) is -0.121. The Morgan fingerprint density at radius 1 is 1.27 bits per heavy atom. The molecule has 9 heteroatoms. The van der Waals surface area contributed by atoms with Gasteiger partial charge in [-0.2, -0.15) is 0 Å². The topological polar surface area (TPSA) is 99.7 Å². The number of amides is 2. The van der Waals surface area contributed by atoms with Gasteiger partial charge in [0.1, 0.15) is 12.8 Å². The number of nitrogens with one attached hydrogen (secondary N) is 3. The number of ether oxygens (including phenoxy) is 1. The number of rotatable bonds is 9. The zero-order valence-electron chi connectivity index (χ0n) is 20.6. The van der Waals surface area contributed by atoms with E-state index in [1.165, 1.54) is 0 Å². The molecule has 1 aliphatic heterocycles. The van der Waals surface area contributed by atoms with Crippen LogP contribution in [0, 0.1) is 5.92 Å². The number of alkyl halides is 2. The van der Waals surface area contributed by atoms with Crippen LogP contribution in [0.5, 0.6) is 0 Å². The maximum Gasteiger partial charge on any atom is 0.245 e. The smallest absolute Gasteiger partial charge is 0.245 e. The van der Waals surface area contributed by atoms with E-state index in [0.717, 1.165) is 50.8 Å². The molecule has 0 radical (unpaired) electrons. The molecule has 0 spiro atoms. The molecule has 0 bridgehead atoms. The summed E-state index contributed by atoms with van der Waals surface area (Å²) in [6.07, 6.45) is 4.90. The molecule has 2 aliphatic rings. The molecule has 0 aromatic rings. The van der Waals surface area contributed by atoms with Crippen LogP contribution < -0.4 is 16.0 Å². The highest BCUT2D eigenvalue weighted by Gasteiger charge is 2.30. The normalized spacial score (nSPS) is 27.7. The van der Waals surface area contributed by atoms with Crippen molar-refractivity contribution in [2.45, 2.75) is 101 Å². The Morgan fingerprint density at radius 2 is 1.97 bits per heavy atom. The van der Waals surface area contributed by atoms with E-state index in [2.05, 4.69) is 22.5 Å². The fraction of sp³-hybridized carbons (Fsp3) is 0.833. The third kappa shape index (κ3) is 12.7. The summed E-state index contributed by atoms with van der Waals surface area (Å²) >= 11 is 5.71. The first-order valence-electron chi connectivity index (χ1n) is 12.0. The van der Waals surface area contributed by atoms with Gasteiger partial charge in [0.05, 0.1) is 23.1 Å². The molecule has 1 saturated carbocycles. The van der Waals surface area contributed by atoms with Gasteiger partial charge in [0, 0.05) is 19.2 Å². The summed E-state index contributed by atoms with van der Waals surface area (Å²) in [6.45, 7) is 10.3. The number of likely N-dealkylation sites (N-methyl/N-ethyl adjacent to an activating group) is 1. The third-order valence-electron chi connectivity index (χ3n) is 6.09. The maximum absolute atomic E-state index is 13.1. The lowest BCUT2D eigenvalue weighted by atomic mass is 9.85. The second kappa shape index (κ2) is 14.9. The summed E-state index contributed by atoms with van der Waals surface area (Å²) in [7, 11) is 1.54. The Balaban J connectivity index is 0.000000346. The first-order valence-corrected chi connectivity index (χ1v) is 12.4. The minimum Gasteiger partial charge on any atom is -0.390 e. The second-order valence-corrected chi connectivity index (χ2v) is 10.2. The predicted octanol–water partition coefficient (Wildman–Crippen LogP) is 3.19. The van der Waals surface area contributed by atoms with Gasteiger partial charge in [-0.25, -0.2) is 4.39 Å². The molecule has 0 aromatic heterocycles. The number of allylic oxidation sites excluding steroid dienone is 1. The molecule has 192 valence electrons. The van der Waals surface area contributed by atoms with Crippen LogP contribution in [0.1, 0.15) is 72.1 Å². The number of hydrogen-bond acceptors (Lipinski definition) is 5. The monoisotopic (exact) mass is 491 g/mol. The van der Waals surface area contributed by atoms with Crippen LogP contribution >= 0.6 is 11.6 Å². The van der Waals surface area contributed by atoms with Crippen molar-refractivity contribution in [3.8, 4) is 0 Å². The zero-order valence-corrected chi connectivity index (χ0v) is 21.3. The molecule has 5 unspecified atom stereocenters. The Morgan fingerprint density at radius 3 is 2.55 bits per heavy atom. The molecule has 2 amide bonds. The Hall–Kier alpha value is -1.22. The Kier molecular flexibility index (Phi) is 13.5. The average molecular weight is 492 g/mol. The van der Waals surface area contributed by atoms with Crippen molar-refractivity contribution in [3.63, 3.8) is 0 Å². The predicted molar refractivity (Wildman–Crippen MR) is 130 cm³/mol. The molecule has 5 atom stereocenters. The summed E-state index contributed by atoms with van der Waals surface area (Å²) in [5.74, 6) is 0.353. The summed E-state index contributed by atoms with van der Waals surface area (Å²) in [5, 5.41) is 17.9. The molecule has 1 heterocycles. The van der Waals surface area contributed by atoms with Crippen LogP contribution in [0.4, 0.5) is 4.39 Å². The SMILES string of the molecule is C=C(CC)NC(=O)C1CC(CCC(C)(C)O)CCN1.CNC(=O)COC1CCC(Cl)C(F)C1. The van der Waals surface area contributed by atoms with Crippen molar-refractivity contribution < 1.29 is 23.8 Å². The highest BCUT2D eigenvalue weighted by atomic mass is 35.5. The average Bonchev–Trinajstić information content (AvgIpc) is 2.78. The quantitative estimate of drug-likeness (QED) is 0.371. The van der Waals surface area contributed by atoms with Gasteiger partial charge in [0.2, 0.25) is 11.8 Å². The fourth-order valence-corrected chi connectivity index (χ4v) is 4.05. The Bertz CT molecular complexity index is 629. The lowest BCUT2D eigenvalue weighted by molar-refractivity contribution is -0.128. The van der Waals surface area contributed by atoms with Crippen molar-refractivity contribution >= 4 is 23.4 Å². The van der Waals surface area contributed by atoms with E-state index in [1.807, 2.05) is 20.8 Å². The molecule has 1 saturated heterocycles. The van der Waals surface area contributed by atoms with E-state index >= 15 is 0 Å². The number of carbonyl (C=O) groups is 2. The summed E-state index contributed by atoms with van der Waals surface area (Å²) in [4.78, 5) is 22.9. The molecular weight excluding hydrogens is 449 g/mol. The third-order valence-corrected chi connectivity index (χ3v) is 6.59. The number of aliphatic hydroxyl groups is 1. The van der Waals surface area contributed by atoms with Crippen LogP contribution in [0.15, 0.2) is 12.3 Å². The molecule has 2 rings (SSSR count). The highest BCUT2D eigenvalue weighted by Crippen LogP contribution is 2.27. The first-order chi connectivity index (χ1) is 15.4. The zero-order chi connectivity index (χ0) is 25.0. The number of piperidine rings is 1. The molecule has 33 heavy (non-hydrogen) atoms. The van der Waals surface area contributed by atoms with Crippen LogP contribution in [-0.4, -0.2) is 66.4 Å². The molecule has 0 aromatic carbocycles. The first kappa shape index (κ1) is 29.8. The van der Waals surface area contributed by atoms with E-state index in [1.54, 1.807) is 7.05 Å². The standard InChI is InChI=1S/C15H28N2O2.C9H15ClFNO2/c1-5-11(2)17-14(18)13-10-12(7-9-16-13)6-8-15(3,4)19;1-12-9(13)5-14-6-2-3-7(10)8(11)4-6/h12-13,16,19H,2,5-10H2,1,3-4H3,(H,17,18);6-8H,2-5H2,1H3,(H,12,13). The van der Waals surface area contributed by atoms with E-state index in [0.29, 0.717) is 18.8 Å². The number of hydrogen-bond donors (Lipinski definition) is 4. The Labute approximate surface area is 203 Å².